The Balaban J connectivity index is 0.00000267. The normalized spacial score (nSPS) is 10.7. The zero-order valence-electron chi connectivity index (χ0n) is 27.3. The Morgan fingerprint density at radius 3 is 1.20 bits per heavy atom. The van der Waals surface area contributed by atoms with Crippen LogP contribution in [0.2, 0.25) is 0 Å². The predicted molar refractivity (Wildman–Crippen MR) is 177 cm³/mol. The molecule has 4 N–H and O–H groups in total. The lowest BCUT2D eigenvalue weighted by molar-refractivity contribution is -0.191. The molecule has 0 saturated heterocycles. The van der Waals surface area contributed by atoms with Crippen LogP contribution in [0.3, 0.4) is 0 Å². The minimum Gasteiger partial charge on any atom is -0.465 e. The topological polar surface area (TPSA) is 228 Å². The molecule has 0 fully saturated rings. The Labute approximate surface area is 279 Å². The van der Waals surface area contributed by atoms with Crippen molar-refractivity contribution in [1.29, 1.82) is 0 Å². The Kier molecular flexibility index (Phi) is 14.4. The van der Waals surface area contributed by atoms with E-state index in [1.165, 1.54) is 50.6 Å². The lowest BCUT2D eigenvalue weighted by Gasteiger charge is -2.11. The van der Waals surface area contributed by atoms with Crippen molar-refractivity contribution in [2.45, 2.75) is 27.7 Å². The third kappa shape index (κ3) is 11.2. The van der Waals surface area contributed by atoms with Crippen molar-refractivity contribution in [3.63, 3.8) is 0 Å². The number of rotatable bonds is 12. The number of ether oxygens (including phenoxy) is 2. The van der Waals surface area contributed by atoms with Crippen molar-refractivity contribution in [3.8, 4) is 0 Å². The van der Waals surface area contributed by atoms with Gasteiger partial charge in [-0.2, -0.15) is 19.8 Å². The average Bonchev–Trinajstić information content (AvgIpc) is 3.05. The summed E-state index contributed by atoms with van der Waals surface area (Å²) in [6.45, 7) is 5.90. The molecule has 0 aromatic heterocycles. The van der Waals surface area contributed by atoms with Crippen LogP contribution in [0.1, 0.15) is 45.7 Å². The zero-order chi connectivity index (χ0) is 36.7. The number of amides is 2. The molecule has 0 aliphatic rings. The van der Waals surface area contributed by atoms with E-state index in [9.17, 15) is 28.8 Å². The molecule has 0 radical (unpaired) electrons. The summed E-state index contributed by atoms with van der Waals surface area (Å²) in [4.78, 5) is 90.6. The summed E-state index contributed by atoms with van der Waals surface area (Å²) in [6.07, 6.45) is 0.250. The van der Waals surface area contributed by atoms with Crippen LogP contribution in [-0.4, -0.2) is 67.1 Å². The number of nitrogens with zero attached hydrogens (tertiary/aromatic N) is 2. The predicted octanol–water partition coefficient (Wildman–Crippen LogP) is 3.28. The quantitative estimate of drug-likeness (QED) is 0.0941. The highest BCUT2D eigenvalue weighted by atomic mass is 16.5. The molecule has 3 aromatic rings. The molecule has 16 nitrogen and oxygen atoms in total. The van der Waals surface area contributed by atoms with E-state index in [4.69, 9.17) is 19.1 Å². The molecule has 0 aliphatic carbocycles. The maximum atomic E-state index is 12.9. The Morgan fingerprint density at radius 1 is 0.592 bits per heavy atom. The first kappa shape index (κ1) is 38.4. The maximum absolute atomic E-state index is 12.9. The molecule has 254 valence electrons. The van der Waals surface area contributed by atoms with Crippen LogP contribution in [0, 0.1) is 13.8 Å². The largest absolute Gasteiger partial charge is 0.465 e. The third-order valence-electron chi connectivity index (χ3n) is 6.23. The van der Waals surface area contributed by atoms with Crippen LogP contribution in [0.4, 0.5) is 22.7 Å². The number of ketones is 2. The van der Waals surface area contributed by atoms with Gasteiger partial charge in [-0.1, -0.05) is 12.1 Å². The first-order valence-electron chi connectivity index (χ1n) is 14.0. The maximum Gasteiger partial charge on any atom is 0.373 e. The van der Waals surface area contributed by atoms with E-state index in [1.807, 2.05) is 0 Å². The fraction of sp³-hybridized carbons (Fsp3) is 0.182. The average molecular weight is 673 g/mol. The Morgan fingerprint density at radius 2 is 0.918 bits per heavy atom. The van der Waals surface area contributed by atoms with Crippen molar-refractivity contribution < 1.29 is 47.8 Å². The standard InChI is InChI=1S/C32H32N6O8.CO2/c1-17-7-13-23(31(43)45-5)25(15-17)35-37-27(19(3)39)29(41)33-21-9-11-22(12-10-21)34-30(42)28(20(4)40)38-36-26-16-18(2)8-14-24(26)32(44)46-6;2-1-3/h7-16,35-36H,1-6H3,(H,33,41)(H,34,42);/b37-27+,38-28+;. The van der Waals surface area contributed by atoms with Crippen molar-refractivity contribution >= 4 is 75.6 Å². The number of carbonyl (C=O) groups excluding carboxylic acids is 8. The fourth-order valence-electron chi connectivity index (χ4n) is 3.91. The number of hydrazone groups is 2. The van der Waals surface area contributed by atoms with E-state index < -0.39 is 46.7 Å². The van der Waals surface area contributed by atoms with Gasteiger partial charge in [-0.3, -0.25) is 30.0 Å². The SMILES string of the molecule is COC(=O)c1ccc(C)cc1N/N=C(\C(C)=O)C(=O)Nc1ccc(NC(=O)/C(=N/Nc2cc(C)ccc2C(=O)OC)C(C)=O)cc1.O=C=O. The second-order valence-corrected chi connectivity index (χ2v) is 9.91. The number of Topliss-reactive ketones (excluding diaryl/α,β-unsaturated/α-hetero) is 2. The van der Waals surface area contributed by atoms with Gasteiger partial charge in [-0.05, 0) is 73.5 Å². The highest BCUT2D eigenvalue weighted by molar-refractivity contribution is 6.67. The number of methoxy groups -OCH3 is 2. The second-order valence-electron chi connectivity index (χ2n) is 9.91. The number of esters is 2. The second kappa shape index (κ2) is 18.4. The molecule has 0 bridgehead atoms. The van der Waals surface area contributed by atoms with Crippen LogP contribution in [0.5, 0.6) is 0 Å². The van der Waals surface area contributed by atoms with Gasteiger partial charge >= 0.3 is 18.1 Å². The molecule has 0 saturated carbocycles. The number of carbonyl (C=O) groups is 6. The number of hydrogen-bond donors (Lipinski definition) is 4. The van der Waals surface area contributed by atoms with Crippen LogP contribution >= 0.6 is 0 Å². The van der Waals surface area contributed by atoms with Crippen LogP contribution < -0.4 is 21.5 Å². The molecule has 0 atom stereocenters. The van der Waals surface area contributed by atoms with Crippen molar-refractivity contribution in [1.82, 2.24) is 0 Å². The molecule has 16 heteroatoms. The molecule has 0 unspecified atom stereocenters. The summed E-state index contributed by atoms with van der Waals surface area (Å²) in [5.74, 6) is -4.20. The van der Waals surface area contributed by atoms with Gasteiger partial charge in [-0.15, -0.1) is 0 Å². The summed E-state index contributed by atoms with van der Waals surface area (Å²) in [7, 11) is 2.45. The molecule has 0 spiro atoms. The van der Waals surface area contributed by atoms with Gasteiger partial charge in [0.1, 0.15) is 0 Å². The zero-order valence-corrected chi connectivity index (χ0v) is 27.3. The molecule has 49 heavy (non-hydrogen) atoms. The van der Waals surface area contributed by atoms with E-state index in [0.29, 0.717) is 0 Å². The molecule has 0 aliphatic heterocycles. The number of hydrogen-bond acceptors (Lipinski definition) is 14. The highest BCUT2D eigenvalue weighted by Crippen LogP contribution is 2.20. The monoisotopic (exact) mass is 672 g/mol. The minimum absolute atomic E-state index is 0.160. The van der Waals surface area contributed by atoms with E-state index in [0.717, 1.165) is 25.0 Å². The number of nitrogens with one attached hydrogen (secondary N) is 4. The molecular formula is C33H32N6O10. The number of benzene rings is 3. The third-order valence-corrected chi connectivity index (χ3v) is 6.23. The highest BCUT2D eigenvalue weighted by Gasteiger charge is 2.21. The molecule has 3 aromatic carbocycles. The number of anilines is 4. The van der Waals surface area contributed by atoms with Crippen LogP contribution in [-0.2, 0) is 38.2 Å². The van der Waals surface area contributed by atoms with Gasteiger partial charge in [0.15, 0.2) is 23.0 Å². The molecular weight excluding hydrogens is 640 g/mol. The van der Waals surface area contributed by atoms with E-state index in [1.54, 1.807) is 38.1 Å². The van der Waals surface area contributed by atoms with Crippen molar-refractivity contribution in [3.05, 3.63) is 82.9 Å². The van der Waals surface area contributed by atoms with Gasteiger partial charge in [-0.25, -0.2) is 9.59 Å². The lowest BCUT2D eigenvalue weighted by Crippen LogP contribution is -2.30. The molecule has 3 rings (SSSR count). The number of aryl methyl sites for hydroxylation is 2. The first-order chi connectivity index (χ1) is 23.3. The van der Waals surface area contributed by atoms with Gasteiger partial charge < -0.3 is 20.1 Å². The summed E-state index contributed by atoms with van der Waals surface area (Å²) < 4.78 is 9.53. The van der Waals surface area contributed by atoms with E-state index >= 15 is 0 Å². The van der Waals surface area contributed by atoms with Gasteiger partial charge in [0.2, 0.25) is 0 Å². The van der Waals surface area contributed by atoms with Gasteiger partial charge in [0.25, 0.3) is 11.8 Å². The summed E-state index contributed by atoms with van der Waals surface area (Å²) in [6, 6.07) is 15.5. The van der Waals surface area contributed by atoms with Crippen molar-refractivity contribution in [2.24, 2.45) is 10.2 Å². The van der Waals surface area contributed by atoms with E-state index in [-0.39, 0.29) is 40.0 Å². The summed E-state index contributed by atoms with van der Waals surface area (Å²) in [5, 5.41) is 12.9. The van der Waals surface area contributed by atoms with Crippen LogP contribution in [0.25, 0.3) is 0 Å². The smallest absolute Gasteiger partial charge is 0.373 e. The lowest BCUT2D eigenvalue weighted by atomic mass is 10.1. The Bertz CT molecular complexity index is 1730. The first-order valence-corrected chi connectivity index (χ1v) is 14.0. The van der Waals surface area contributed by atoms with Crippen LogP contribution in [0.15, 0.2) is 70.9 Å². The van der Waals surface area contributed by atoms with Gasteiger partial charge in [0, 0.05) is 25.2 Å². The molecule has 0 heterocycles. The van der Waals surface area contributed by atoms with E-state index in [2.05, 4.69) is 31.7 Å². The fourth-order valence-corrected chi connectivity index (χ4v) is 3.91. The minimum atomic E-state index is -0.830. The van der Waals surface area contributed by atoms with Gasteiger partial charge in [0.05, 0.1) is 36.7 Å². The summed E-state index contributed by atoms with van der Waals surface area (Å²) >= 11 is 0. The summed E-state index contributed by atoms with van der Waals surface area (Å²) in [5.41, 5.74) is 7.18. The molecule has 2 amide bonds. The van der Waals surface area contributed by atoms with Crippen molar-refractivity contribution in [2.75, 3.05) is 35.7 Å². The Hall–Kier alpha value is -6.80.